The van der Waals surface area contributed by atoms with Crippen molar-refractivity contribution < 1.29 is 0 Å². The number of halogens is 1. The van der Waals surface area contributed by atoms with Crippen LogP contribution in [0.2, 0.25) is 5.02 Å². The minimum atomic E-state index is 0.691. The molecule has 23 heavy (non-hydrogen) atoms. The van der Waals surface area contributed by atoms with Crippen LogP contribution in [0.3, 0.4) is 0 Å². The van der Waals surface area contributed by atoms with Gasteiger partial charge in [-0.1, -0.05) is 22.9 Å². The van der Waals surface area contributed by atoms with Gasteiger partial charge in [-0.15, -0.1) is 10.2 Å². The van der Waals surface area contributed by atoms with Crippen molar-refractivity contribution in [1.29, 1.82) is 0 Å². The molecule has 116 valence electrons. The lowest BCUT2D eigenvalue weighted by Crippen LogP contribution is -1.99. The molecule has 0 saturated heterocycles. The molecule has 0 bridgehead atoms. The maximum absolute atomic E-state index is 5.95. The Balaban J connectivity index is 1.84. The van der Waals surface area contributed by atoms with Crippen LogP contribution < -0.4 is 0 Å². The van der Waals surface area contributed by atoms with E-state index in [4.69, 9.17) is 11.6 Å². The SMILES string of the molecule is CCn1nc(C)cc1-c1nn2c(-c3ccc(Cl)cc3)nnc2s1. The molecule has 3 aromatic heterocycles. The molecular weight excluding hydrogens is 332 g/mol. The van der Waals surface area contributed by atoms with Crippen molar-refractivity contribution in [2.24, 2.45) is 0 Å². The molecule has 0 spiro atoms. The van der Waals surface area contributed by atoms with E-state index in [0.717, 1.165) is 33.5 Å². The average molecular weight is 345 g/mol. The lowest BCUT2D eigenvalue weighted by molar-refractivity contribution is 0.659. The fourth-order valence-electron chi connectivity index (χ4n) is 2.46. The van der Waals surface area contributed by atoms with Crippen LogP contribution in [0.15, 0.2) is 30.3 Å². The van der Waals surface area contributed by atoms with Crippen molar-refractivity contribution in [2.45, 2.75) is 20.4 Å². The number of benzene rings is 1. The Morgan fingerprint density at radius 2 is 1.91 bits per heavy atom. The summed E-state index contributed by atoms with van der Waals surface area (Å²) in [6.07, 6.45) is 0. The molecule has 3 heterocycles. The van der Waals surface area contributed by atoms with E-state index >= 15 is 0 Å². The standard InChI is InChI=1S/C15H13ClN6S/c1-3-21-12(8-9(2)19-21)14-20-22-13(17-18-15(22)23-14)10-4-6-11(16)7-5-10/h4-8H,3H2,1-2H3. The van der Waals surface area contributed by atoms with Crippen molar-refractivity contribution in [3.63, 3.8) is 0 Å². The van der Waals surface area contributed by atoms with Crippen LogP contribution in [0.25, 0.3) is 27.1 Å². The average Bonchev–Trinajstić information content (AvgIpc) is 3.21. The zero-order valence-electron chi connectivity index (χ0n) is 12.6. The van der Waals surface area contributed by atoms with Crippen LogP contribution >= 0.6 is 22.9 Å². The first kappa shape index (κ1) is 14.3. The smallest absolute Gasteiger partial charge is 0.235 e. The van der Waals surface area contributed by atoms with Gasteiger partial charge in [0.15, 0.2) is 10.8 Å². The quantitative estimate of drug-likeness (QED) is 0.568. The predicted octanol–water partition coefficient (Wildman–Crippen LogP) is 3.70. The lowest BCUT2D eigenvalue weighted by Gasteiger charge is -2.00. The van der Waals surface area contributed by atoms with Crippen LogP contribution in [0.5, 0.6) is 0 Å². The van der Waals surface area contributed by atoms with Gasteiger partial charge in [-0.3, -0.25) is 4.68 Å². The van der Waals surface area contributed by atoms with Crippen molar-refractivity contribution in [3.8, 4) is 22.1 Å². The summed E-state index contributed by atoms with van der Waals surface area (Å²) in [5, 5.41) is 19.2. The van der Waals surface area contributed by atoms with Crippen LogP contribution in [-0.4, -0.2) is 29.6 Å². The summed E-state index contributed by atoms with van der Waals surface area (Å²) in [4.78, 5) is 0.756. The van der Waals surface area contributed by atoms with Crippen molar-refractivity contribution in [1.82, 2.24) is 29.6 Å². The summed E-state index contributed by atoms with van der Waals surface area (Å²) in [7, 11) is 0. The van der Waals surface area contributed by atoms with Crippen LogP contribution in [0.4, 0.5) is 0 Å². The molecule has 0 unspecified atom stereocenters. The van der Waals surface area contributed by atoms with E-state index in [1.807, 2.05) is 41.9 Å². The molecule has 0 atom stereocenters. The Hall–Kier alpha value is -2.25. The molecule has 0 fully saturated rings. The highest BCUT2D eigenvalue weighted by molar-refractivity contribution is 7.19. The van der Waals surface area contributed by atoms with Gasteiger partial charge in [-0.05, 0) is 44.2 Å². The third kappa shape index (κ3) is 2.42. The normalized spacial score (nSPS) is 11.4. The molecule has 0 amide bonds. The molecule has 8 heteroatoms. The van der Waals surface area contributed by atoms with Crippen molar-refractivity contribution in [2.75, 3.05) is 0 Å². The second-order valence-corrected chi connectivity index (χ2v) is 6.51. The maximum Gasteiger partial charge on any atom is 0.235 e. The highest BCUT2D eigenvalue weighted by atomic mass is 35.5. The van der Waals surface area contributed by atoms with E-state index in [1.54, 1.807) is 4.52 Å². The number of aromatic nitrogens is 6. The van der Waals surface area contributed by atoms with Gasteiger partial charge in [0.1, 0.15) is 0 Å². The number of aryl methyl sites for hydroxylation is 2. The van der Waals surface area contributed by atoms with Gasteiger partial charge in [-0.2, -0.15) is 14.7 Å². The second kappa shape index (κ2) is 5.43. The van der Waals surface area contributed by atoms with Gasteiger partial charge in [0.05, 0.1) is 11.4 Å². The number of rotatable bonds is 3. The van der Waals surface area contributed by atoms with Gasteiger partial charge < -0.3 is 0 Å². The zero-order valence-corrected chi connectivity index (χ0v) is 14.1. The molecular formula is C15H13ClN6S. The fourth-order valence-corrected chi connectivity index (χ4v) is 3.44. The van der Waals surface area contributed by atoms with E-state index in [1.165, 1.54) is 11.3 Å². The lowest BCUT2D eigenvalue weighted by atomic mass is 10.2. The summed E-state index contributed by atoms with van der Waals surface area (Å²) in [6, 6.07) is 9.54. The van der Waals surface area contributed by atoms with Gasteiger partial charge >= 0.3 is 0 Å². The summed E-state index contributed by atoms with van der Waals surface area (Å²) in [6.45, 7) is 4.85. The predicted molar refractivity (Wildman–Crippen MR) is 90.7 cm³/mol. The maximum atomic E-state index is 5.95. The molecule has 4 aromatic rings. The molecule has 0 aliphatic carbocycles. The topological polar surface area (TPSA) is 60.9 Å². The molecule has 0 radical (unpaired) electrons. The molecule has 4 rings (SSSR count). The molecule has 1 aromatic carbocycles. The van der Waals surface area contributed by atoms with Crippen LogP contribution in [0, 0.1) is 6.92 Å². The monoisotopic (exact) mass is 344 g/mol. The summed E-state index contributed by atoms with van der Waals surface area (Å²) in [5.74, 6) is 0.707. The Morgan fingerprint density at radius 3 is 2.65 bits per heavy atom. The third-order valence-corrected chi connectivity index (χ3v) is 4.69. The van der Waals surface area contributed by atoms with E-state index in [0.29, 0.717) is 10.8 Å². The second-order valence-electron chi connectivity index (χ2n) is 5.12. The molecule has 0 saturated carbocycles. The van der Waals surface area contributed by atoms with Gasteiger partial charge in [0, 0.05) is 17.1 Å². The zero-order chi connectivity index (χ0) is 16.0. The van der Waals surface area contributed by atoms with Crippen molar-refractivity contribution >= 4 is 27.9 Å². The molecule has 0 aliphatic heterocycles. The summed E-state index contributed by atoms with van der Waals surface area (Å²) in [5.41, 5.74) is 2.91. The highest BCUT2D eigenvalue weighted by Gasteiger charge is 2.17. The number of hydrogen-bond donors (Lipinski definition) is 0. The minimum absolute atomic E-state index is 0.691. The minimum Gasteiger partial charge on any atom is -0.262 e. The first-order valence-electron chi connectivity index (χ1n) is 7.18. The third-order valence-electron chi connectivity index (χ3n) is 3.51. The molecule has 0 aliphatic rings. The molecule has 6 nitrogen and oxygen atoms in total. The Bertz CT molecular complexity index is 981. The van der Waals surface area contributed by atoms with Gasteiger partial charge in [0.25, 0.3) is 0 Å². The van der Waals surface area contributed by atoms with Crippen LogP contribution in [0.1, 0.15) is 12.6 Å². The Kier molecular flexibility index (Phi) is 3.39. The van der Waals surface area contributed by atoms with E-state index in [-0.39, 0.29) is 0 Å². The summed E-state index contributed by atoms with van der Waals surface area (Å²) < 4.78 is 3.72. The van der Waals surface area contributed by atoms with E-state index in [9.17, 15) is 0 Å². The number of nitrogens with zero attached hydrogens (tertiary/aromatic N) is 6. The Morgan fingerprint density at radius 1 is 1.13 bits per heavy atom. The highest BCUT2D eigenvalue weighted by Crippen LogP contribution is 2.29. The summed E-state index contributed by atoms with van der Waals surface area (Å²) >= 11 is 7.45. The Labute approximate surface area is 141 Å². The first-order valence-corrected chi connectivity index (χ1v) is 8.38. The fraction of sp³-hybridized carbons (Fsp3) is 0.200. The van der Waals surface area contributed by atoms with Crippen LogP contribution in [-0.2, 0) is 6.54 Å². The molecule has 0 N–H and O–H groups in total. The first-order chi connectivity index (χ1) is 11.2. The largest absolute Gasteiger partial charge is 0.262 e. The van der Waals surface area contributed by atoms with Crippen molar-refractivity contribution in [3.05, 3.63) is 41.0 Å². The van der Waals surface area contributed by atoms with E-state index in [2.05, 4.69) is 27.3 Å². The van der Waals surface area contributed by atoms with E-state index < -0.39 is 0 Å². The van der Waals surface area contributed by atoms with Gasteiger partial charge in [-0.25, -0.2) is 0 Å². The number of fused-ring (bicyclic) bond motifs is 1. The number of hydrogen-bond acceptors (Lipinski definition) is 5. The van der Waals surface area contributed by atoms with Gasteiger partial charge in [0.2, 0.25) is 4.96 Å².